The van der Waals surface area contributed by atoms with Crippen LogP contribution in [-0.4, -0.2) is 23.9 Å². The Kier molecular flexibility index (Phi) is 2.82. The molecule has 2 aromatic rings. The van der Waals surface area contributed by atoms with Crippen LogP contribution < -0.4 is 4.90 Å². The highest BCUT2D eigenvalue weighted by Crippen LogP contribution is 2.32. The zero-order valence-electron chi connectivity index (χ0n) is 10.7. The molecule has 0 saturated carbocycles. The number of aryl methyl sites for hydroxylation is 1. The minimum Gasteiger partial charge on any atom is -0.357 e. The van der Waals surface area contributed by atoms with E-state index in [4.69, 9.17) is 0 Å². The van der Waals surface area contributed by atoms with E-state index in [2.05, 4.69) is 22.6 Å². The third-order valence-corrected chi connectivity index (χ3v) is 3.89. The zero-order chi connectivity index (χ0) is 12.5. The molecule has 1 aromatic heterocycles. The normalized spacial score (nSPS) is 16.2. The Labute approximate surface area is 107 Å². The minimum atomic E-state index is 0.843. The molecule has 3 heteroatoms. The van der Waals surface area contributed by atoms with Gasteiger partial charge in [0.1, 0.15) is 5.82 Å². The topological polar surface area (TPSA) is 25.2 Å². The van der Waals surface area contributed by atoms with E-state index in [-0.39, 0.29) is 0 Å². The third-order valence-electron chi connectivity index (χ3n) is 3.89. The molecule has 1 saturated heterocycles. The Morgan fingerprint density at radius 3 is 2.56 bits per heavy atom. The van der Waals surface area contributed by atoms with Gasteiger partial charge in [-0.1, -0.05) is 18.2 Å². The summed E-state index contributed by atoms with van der Waals surface area (Å²) in [6, 6.07) is 8.13. The Morgan fingerprint density at radius 2 is 1.83 bits per heavy atom. The van der Waals surface area contributed by atoms with Crippen molar-refractivity contribution in [1.82, 2.24) is 4.57 Å². The Balaban J connectivity index is 2.20. The number of hydrogen-bond acceptors (Lipinski definition) is 2. The Morgan fingerprint density at radius 1 is 1.11 bits per heavy atom. The van der Waals surface area contributed by atoms with Gasteiger partial charge in [0.05, 0.1) is 11.1 Å². The van der Waals surface area contributed by atoms with Crippen molar-refractivity contribution in [2.24, 2.45) is 7.05 Å². The van der Waals surface area contributed by atoms with Gasteiger partial charge in [0.15, 0.2) is 6.29 Å². The molecule has 1 aliphatic heterocycles. The van der Waals surface area contributed by atoms with Crippen molar-refractivity contribution < 1.29 is 4.79 Å². The molecular formula is C15H18N2O. The highest BCUT2D eigenvalue weighted by atomic mass is 16.1. The zero-order valence-corrected chi connectivity index (χ0v) is 10.7. The number of benzene rings is 1. The lowest BCUT2D eigenvalue weighted by Crippen LogP contribution is -2.31. The smallest absolute Gasteiger partial charge is 0.154 e. The molecule has 0 N–H and O–H groups in total. The first-order chi connectivity index (χ1) is 8.83. The number of hydrogen-bond donors (Lipinski definition) is 0. The van der Waals surface area contributed by atoms with Gasteiger partial charge >= 0.3 is 0 Å². The molecule has 3 nitrogen and oxygen atoms in total. The molecular weight excluding hydrogens is 224 g/mol. The summed E-state index contributed by atoms with van der Waals surface area (Å²) in [6.45, 7) is 2.12. The number of anilines is 1. The van der Waals surface area contributed by atoms with E-state index in [0.29, 0.717) is 0 Å². The molecule has 0 bridgehead atoms. The Bertz CT molecular complexity index is 579. The fourth-order valence-corrected chi connectivity index (χ4v) is 3.01. The van der Waals surface area contributed by atoms with Crippen LogP contribution in [0.5, 0.6) is 0 Å². The van der Waals surface area contributed by atoms with Crippen molar-refractivity contribution in [2.45, 2.75) is 19.3 Å². The number of piperidine rings is 1. The van der Waals surface area contributed by atoms with Crippen LogP contribution in [0.1, 0.15) is 29.6 Å². The van der Waals surface area contributed by atoms with E-state index in [0.717, 1.165) is 41.7 Å². The summed E-state index contributed by atoms with van der Waals surface area (Å²) in [5.41, 5.74) is 1.98. The average Bonchev–Trinajstić information content (AvgIpc) is 2.73. The van der Waals surface area contributed by atoms with Gasteiger partial charge in [-0.2, -0.15) is 0 Å². The maximum Gasteiger partial charge on any atom is 0.154 e. The maximum atomic E-state index is 11.5. The lowest BCUT2D eigenvalue weighted by Gasteiger charge is -2.29. The Hall–Kier alpha value is -1.77. The van der Waals surface area contributed by atoms with Gasteiger partial charge in [-0.05, 0) is 25.3 Å². The first kappa shape index (κ1) is 11.3. The molecule has 18 heavy (non-hydrogen) atoms. The van der Waals surface area contributed by atoms with E-state index < -0.39 is 0 Å². The second kappa shape index (κ2) is 4.48. The van der Waals surface area contributed by atoms with Crippen LogP contribution in [0.3, 0.4) is 0 Å². The van der Waals surface area contributed by atoms with E-state index in [1.165, 1.54) is 19.3 Å². The number of aldehydes is 1. The van der Waals surface area contributed by atoms with Crippen LogP contribution in [0, 0.1) is 0 Å². The standard InChI is InChI=1S/C15H18N2O/c1-16-14-8-4-3-7-12(14)13(11-18)15(16)17-9-5-2-6-10-17/h3-4,7-8,11H,2,5-6,9-10H2,1H3. The summed E-state index contributed by atoms with van der Waals surface area (Å²) in [5.74, 6) is 1.09. The minimum absolute atomic E-state index is 0.843. The predicted molar refractivity (Wildman–Crippen MR) is 74.4 cm³/mol. The van der Waals surface area contributed by atoms with Crippen LogP contribution in [-0.2, 0) is 7.05 Å². The number of rotatable bonds is 2. The van der Waals surface area contributed by atoms with Gasteiger partial charge in [0.2, 0.25) is 0 Å². The lowest BCUT2D eigenvalue weighted by molar-refractivity contribution is 0.112. The monoisotopic (exact) mass is 242 g/mol. The highest BCUT2D eigenvalue weighted by molar-refractivity contribution is 6.04. The molecule has 2 heterocycles. The molecule has 1 fully saturated rings. The van der Waals surface area contributed by atoms with Gasteiger partial charge in [0, 0.05) is 25.5 Å². The second-order valence-electron chi connectivity index (χ2n) is 4.98. The van der Waals surface area contributed by atoms with Crippen molar-refractivity contribution in [3.63, 3.8) is 0 Å². The molecule has 0 atom stereocenters. The second-order valence-corrected chi connectivity index (χ2v) is 4.98. The predicted octanol–water partition coefficient (Wildman–Crippen LogP) is 2.98. The van der Waals surface area contributed by atoms with E-state index >= 15 is 0 Å². The van der Waals surface area contributed by atoms with Crippen molar-refractivity contribution >= 4 is 23.0 Å². The summed E-state index contributed by atoms with van der Waals surface area (Å²) in [4.78, 5) is 13.8. The SMILES string of the molecule is Cn1c(N2CCCCC2)c(C=O)c2ccccc21. The summed E-state index contributed by atoms with van der Waals surface area (Å²) >= 11 is 0. The number of aromatic nitrogens is 1. The quantitative estimate of drug-likeness (QED) is 0.756. The van der Waals surface area contributed by atoms with Crippen molar-refractivity contribution in [1.29, 1.82) is 0 Å². The summed E-state index contributed by atoms with van der Waals surface area (Å²) in [6.07, 6.45) is 4.75. The van der Waals surface area contributed by atoms with Gasteiger partial charge in [-0.15, -0.1) is 0 Å². The number of fused-ring (bicyclic) bond motifs is 1. The highest BCUT2D eigenvalue weighted by Gasteiger charge is 2.21. The molecule has 1 aromatic carbocycles. The molecule has 0 spiro atoms. The number of nitrogens with zero attached hydrogens (tertiary/aromatic N) is 2. The molecule has 0 amide bonds. The molecule has 0 radical (unpaired) electrons. The van der Waals surface area contributed by atoms with Gasteiger partial charge in [-0.25, -0.2) is 0 Å². The molecule has 1 aliphatic rings. The average molecular weight is 242 g/mol. The van der Waals surface area contributed by atoms with Crippen molar-refractivity contribution in [3.05, 3.63) is 29.8 Å². The third kappa shape index (κ3) is 1.62. The van der Waals surface area contributed by atoms with Crippen LogP contribution in [0.2, 0.25) is 0 Å². The van der Waals surface area contributed by atoms with Gasteiger partial charge < -0.3 is 9.47 Å². The van der Waals surface area contributed by atoms with Crippen LogP contribution in [0.15, 0.2) is 24.3 Å². The molecule has 94 valence electrons. The molecule has 0 aliphatic carbocycles. The number of carbonyl (C=O) groups excluding carboxylic acids is 1. The maximum absolute atomic E-state index is 11.5. The first-order valence-corrected chi connectivity index (χ1v) is 6.60. The largest absolute Gasteiger partial charge is 0.357 e. The number of carbonyl (C=O) groups is 1. The van der Waals surface area contributed by atoms with Crippen LogP contribution in [0.4, 0.5) is 5.82 Å². The van der Waals surface area contributed by atoms with Crippen molar-refractivity contribution in [3.8, 4) is 0 Å². The lowest BCUT2D eigenvalue weighted by atomic mass is 10.1. The van der Waals surface area contributed by atoms with Crippen LogP contribution in [0.25, 0.3) is 10.9 Å². The fourth-order valence-electron chi connectivity index (χ4n) is 3.01. The number of para-hydroxylation sites is 1. The van der Waals surface area contributed by atoms with E-state index in [1.54, 1.807) is 0 Å². The van der Waals surface area contributed by atoms with Crippen LogP contribution >= 0.6 is 0 Å². The summed E-state index contributed by atoms with van der Waals surface area (Å²) in [5, 5.41) is 1.07. The van der Waals surface area contributed by atoms with Gasteiger partial charge in [-0.3, -0.25) is 4.79 Å². The van der Waals surface area contributed by atoms with E-state index in [9.17, 15) is 4.79 Å². The molecule has 0 unspecified atom stereocenters. The summed E-state index contributed by atoms with van der Waals surface area (Å²) in [7, 11) is 2.05. The summed E-state index contributed by atoms with van der Waals surface area (Å²) < 4.78 is 2.16. The van der Waals surface area contributed by atoms with Gasteiger partial charge in [0.25, 0.3) is 0 Å². The fraction of sp³-hybridized carbons (Fsp3) is 0.400. The van der Waals surface area contributed by atoms with Crippen molar-refractivity contribution in [2.75, 3.05) is 18.0 Å². The molecule has 3 rings (SSSR count). The van der Waals surface area contributed by atoms with E-state index in [1.807, 2.05) is 18.2 Å². The first-order valence-electron chi connectivity index (χ1n) is 6.60.